The minimum absolute atomic E-state index is 0.342. The van der Waals surface area contributed by atoms with E-state index in [0.29, 0.717) is 11.5 Å². The van der Waals surface area contributed by atoms with Gasteiger partial charge in [-0.2, -0.15) is 0 Å². The summed E-state index contributed by atoms with van der Waals surface area (Å²) >= 11 is 0. The third-order valence-corrected chi connectivity index (χ3v) is 4.99. The third kappa shape index (κ3) is 2.77. The fraction of sp³-hybridized carbons (Fsp3) is 0.750. The van der Waals surface area contributed by atoms with Crippen LogP contribution < -0.4 is 4.90 Å². The summed E-state index contributed by atoms with van der Waals surface area (Å²) in [4.78, 5) is 13.9. The molecule has 2 saturated heterocycles. The highest BCUT2D eigenvalue weighted by Gasteiger charge is 2.48. The van der Waals surface area contributed by atoms with Gasteiger partial charge in [-0.05, 0) is 40.8 Å². The smallest absolute Gasteiger partial charge is 0.132 e. The van der Waals surface area contributed by atoms with Crippen LogP contribution in [0.3, 0.4) is 0 Å². The first kappa shape index (κ1) is 14.7. The first-order valence-electron chi connectivity index (χ1n) is 7.82. The normalized spacial score (nSPS) is 25.0. The highest BCUT2D eigenvalue weighted by molar-refractivity contribution is 5.43. The summed E-state index contributed by atoms with van der Waals surface area (Å²) in [6.45, 7) is 7.92. The molecule has 0 amide bonds. The molecule has 1 spiro atoms. The molecule has 0 bridgehead atoms. The molecular weight excluding hydrogens is 264 g/mol. The lowest BCUT2D eigenvalue weighted by Crippen LogP contribution is -2.46. The maximum Gasteiger partial charge on any atom is 0.132 e. The van der Waals surface area contributed by atoms with Crippen LogP contribution in [0.4, 0.5) is 5.82 Å². The van der Waals surface area contributed by atoms with Gasteiger partial charge in [0.1, 0.15) is 11.6 Å². The van der Waals surface area contributed by atoms with E-state index in [1.807, 2.05) is 13.8 Å². The van der Waals surface area contributed by atoms with Gasteiger partial charge < -0.3 is 14.5 Å². The van der Waals surface area contributed by atoms with Gasteiger partial charge in [-0.3, -0.25) is 0 Å². The lowest BCUT2D eigenvalue weighted by atomic mass is 9.75. The Kier molecular flexibility index (Phi) is 3.88. The Labute approximate surface area is 127 Å². The number of ether oxygens (including phenoxy) is 1. The summed E-state index contributed by atoms with van der Waals surface area (Å²) in [6.07, 6.45) is 2.30. The van der Waals surface area contributed by atoms with Crippen molar-refractivity contribution >= 4 is 5.82 Å². The SMILES string of the molecule is Cc1cc(N2C[C@H](N(C)C)C3(CCOCC3)C2)nc(C)n1. The second-order valence-corrected chi connectivity index (χ2v) is 6.75. The van der Waals surface area contributed by atoms with E-state index in [1.165, 1.54) is 0 Å². The van der Waals surface area contributed by atoms with Crippen molar-refractivity contribution < 1.29 is 4.74 Å². The van der Waals surface area contributed by atoms with Gasteiger partial charge in [0.05, 0.1) is 0 Å². The van der Waals surface area contributed by atoms with E-state index in [-0.39, 0.29) is 0 Å². The van der Waals surface area contributed by atoms with Gasteiger partial charge >= 0.3 is 0 Å². The topological polar surface area (TPSA) is 41.5 Å². The molecule has 0 aliphatic carbocycles. The monoisotopic (exact) mass is 290 g/mol. The quantitative estimate of drug-likeness (QED) is 0.828. The first-order valence-corrected chi connectivity index (χ1v) is 7.82. The molecule has 0 saturated carbocycles. The molecule has 0 N–H and O–H groups in total. The van der Waals surface area contributed by atoms with Crippen molar-refractivity contribution in [1.82, 2.24) is 14.9 Å². The first-order chi connectivity index (χ1) is 10.00. The zero-order valence-corrected chi connectivity index (χ0v) is 13.6. The number of hydrogen-bond acceptors (Lipinski definition) is 5. The van der Waals surface area contributed by atoms with Crippen LogP contribution in [-0.2, 0) is 4.74 Å². The highest BCUT2D eigenvalue weighted by Crippen LogP contribution is 2.43. The van der Waals surface area contributed by atoms with Crippen LogP contribution in [0.25, 0.3) is 0 Å². The number of rotatable bonds is 2. The van der Waals surface area contributed by atoms with Crippen molar-refractivity contribution in [3.05, 3.63) is 17.6 Å². The molecule has 0 aromatic carbocycles. The zero-order valence-electron chi connectivity index (χ0n) is 13.6. The average Bonchev–Trinajstić information content (AvgIpc) is 2.78. The summed E-state index contributed by atoms with van der Waals surface area (Å²) in [5.41, 5.74) is 1.39. The van der Waals surface area contributed by atoms with E-state index in [2.05, 4.69) is 39.9 Å². The van der Waals surface area contributed by atoms with Crippen LogP contribution >= 0.6 is 0 Å². The summed E-state index contributed by atoms with van der Waals surface area (Å²) < 4.78 is 5.60. The molecule has 116 valence electrons. The predicted octanol–water partition coefficient (Wildman–Crippen LogP) is 1.64. The predicted molar refractivity (Wildman–Crippen MR) is 83.7 cm³/mol. The van der Waals surface area contributed by atoms with Crippen molar-refractivity contribution in [2.75, 3.05) is 45.3 Å². The maximum absolute atomic E-state index is 5.60. The molecule has 1 aromatic rings. The molecule has 3 heterocycles. The van der Waals surface area contributed by atoms with Crippen LogP contribution in [0, 0.1) is 19.3 Å². The maximum atomic E-state index is 5.60. The highest BCUT2D eigenvalue weighted by atomic mass is 16.5. The minimum atomic E-state index is 0.342. The number of nitrogens with zero attached hydrogens (tertiary/aromatic N) is 4. The molecular formula is C16H26N4O. The van der Waals surface area contributed by atoms with Gasteiger partial charge in [-0.15, -0.1) is 0 Å². The molecule has 5 nitrogen and oxygen atoms in total. The largest absolute Gasteiger partial charge is 0.381 e. The molecule has 2 aliphatic rings. The minimum Gasteiger partial charge on any atom is -0.381 e. The summed E-state index contributed by atoms with van der Waals surface area (Å²) in [5.74, 6) is 1.94. The second-order valence-electron chi connectivity index (χ2n) is 6.75. The molecule has 2 fully saturated rings. The number of aryl methyl sites for hydroxylation is 2. The summed E-state index contributed by atoms with van der Waals surface area (Å²) in [6, 6.07) is 2.68. The van der Waals surface area contributed by atoms with Gasteiger partial charge in [0.15, 0.2) is 0 Å². The molecule has 2 aliphatic heterocycles. The van der Waals surface area contributed by atoms with Crippen molar-refractivity contribution in [1.29, 1.82) is 0 Å². The van der Waals surface area contributed by atoms with Gasteiger partial charge in [0, 0.05) is 49.5 Å². The van der Waals surface area contributed by atoms with Crippen LogP contribution in [0.15, 0.2) is 6.07 Å². The Morgan fingerprint density at radius 2 is 1.95 bits per heavy atom. The zero-order chi connectivity index (χ0) is 15.0. The van der Waals surface area contributed by atoms with Gasteiger partial charge in [0.25, 0.3) is 0 Å². The van der Waals surface area contributed by atoms with Crippen LogP contribution in [0.1, 0.15) is 24.4 Å². The molecule has 21 heavy (non-hydrogen) atoms. The van der Waals surface area contributed by atoms with E-state index >= 15 is 0 Å². The van der Waals surface area contributed by atoms with Crippen molar-refractivity contribution in [3.8, 4) is 0 Å². The lowest BCUT2D eigenvalue weighted by molar-refractivity contribution is -0.00578. The Hall–Kier alpha value is -1.20. The Balaban J connectivity index is 1.88. The molecule has 1 atom stereocenters. The number of likely N-dealkylation sites (N-methyl/N-ethyl adjacent to an activating group) is 1. The molecule has 5 heteroatoms. The van der Waals surface area contributed by atoms with Gasteiger partial charge in [-0.25, -0.2) is 9.97 Å². The summed E-state index contributed by atoms with van der Waals surface area (Å²) in [7, 11) is 4.39. The van der Waals surface area contributed by atoms with Gasteiger partial charge in [0.2, 0.25) is 0 Å². The standard InChI is InChI=1S/C16H26N4O/c1-12-9-15(18-13(2)17-12)20-10-14(19(3)4)16(11-20)5-7-21-8-6-16/h9,14H,5-8,10-11H2,1-4H3/t14-/m0/s1. The summed E-state index contributed by atoms with van der Waals surface area (Å²) in [5, 5.41) is 0. The number of anilines is 1. The average molecular weight is 290 g/mol. The fourth-order valence-electron chi connectivity index (χ4n) is 3.97. The van der Waals surface area contributed by atoms with E-state index in [0.717, 1.165) is 56.5 Å². The number of hydrogen-bond donors (Lipinski definition) is 0. The van der Waals surface area contributed by atoms with Crippen LogP contribution in [0.5, 0.6) is 0 Å². The van der Waals surface area contributed by atoms with Gasteiger partial charge in [-0.1, -0.05) is 0 Å². The fourth-order valence-corrected chi connectivity index (χ4v) is 3.97. The van der Waals surface area contributed by atoms with E-state index < -0.39 is 0 Å². The third-order valence-electron chi connectivity index (χ3n) is 4.99. The Morgan fingerprint density at radius 3 is 2.57 bits per heavy atom. The molecule has 0 radical (unpaired) electrons. The molecule has 1 aromatic heterocycles. The van der Waals surface area contributed by atoms with Crippen LogP contribution in [-0.4, -0.2) is 61.3 Å². The molecule has 0 unspecified atom stereocenters. The Morgan fingerprint density at radius 1 is 1.24 bits per heavy atom. The second kappa shape index (κ2) is 5.54. The van der Waals surface area contributed by atoms with Crippen molar-refractivity contribution in [2.45, 2.75) is 32.7 Å². The molecule has 3 rings (SSSR count). The van der Waals surface area contributed by atoms with E-state index in [9.17, 15) is 0 Å². The Bertz CT molecular complexity index is 491. The van der Waals surface area contributed by atoms with E-state index in [1.54, 1.807) is 0 Å². The van der Waals surface area contributed by atoms with Crippen molar-refractivity contribution in [3.63, 3.8) is 0 Å². The van der Waals surface area contributed by atoms with Crippen molar-refractivity contribution in [2.24, 2.45) is 5.41 Å². The van der Waals surface area contributed by atoms with Crippen LogP contribution in [0.2, 0.25) is 0 Å². The lowest BCUT2D eigenvalue weighted by Gasteiger charge is -2.40. The van der Waals surface area contributed by atoms with E-state index in [4.69, 9.17) is 4.74 Å². The number of aromatic nitrogens is 2.